The fourth-order valence-electron chi connectivity index (χ4n) is 4.84. The van der Waals surface area contributed by atoms with Gasteiger partial charge < -0.3 is 29.2 Å². The molecule has 0 saturated carbocycles. The van der Waals surface area contributed by atoms with Crippen molar-refractivity contribution >= 4 is 34.5 Å². The molecule has 2 aromatic heterocycles. The molecule has 0 unspecified atom stereocenters. The number of rotatable bonds is 11. The largest absolute Gasteiger partial charge is 0.454 e. The van der Waals surface area contributed by atoms with Gasteiger partial charge in [-0.2, -0.15) is 9.97 Å². The second kappa shape index (κ2) is 12.4. The lowest BCUT2D eigenvalue weighted by Gasteiger charge is -2.23. The van der Waals surface area contributed by atoms with Crippen LogP contribution in [-0.4, -0.2) is 69.2 Å². The molecule has 1 aliphatic rings. The number of halogens is 1. The van der Waals surface area contributed by atoms with Crippen LogP contribution in [0.15, 0.2) is 73.1 Å². The second-order valence-electron chi connectivity index (χ2n) is 10.5. The SMILES string of the molecule is CN(CCN(C)c1nc(NCc2ccc3c(c2)OCO3)c2ncn(Cc3ccc([N+](=O)[O-])cc3)c2n1)C(=O)c1cccc(F)c1. The standard InChI is InChI=1S/C31H29FN8O5/c1-37(30(41)22-4-3-5-23(32)15-22)12-13-38(2)31-35-28(33-16-21-8-11-25-26(14-21)45-19-44-25)27-29(36-31)39(18-34-27)17-20-6-9-24(10-7-20)40(42)43/h3-11,14-15,18H,12-13,16-17,19H2,1-2H3,(H,33,35,36). The second-order valence-corrected chi connectivity index (χ2v) is 10.5. The minimum atomic E-state index is -0.473. The molecule has 0 atom stereocenters. The Morgan fingerprint density at radius 3 is 2.58 bits per heavy atom. The van der Waals surface area contributed by atoms with Gasteiger partial charge in [0.2, 0.25) is 12.7 Å². The maximum Gasteiger partial charge on any atom is 0.269 e. The first-order valence-corrected chi connectivity index (χ1v) is 14.1. The highest BCUT2D eigenvalue weighted by Crippen LogP contribution is 2.33. The molecular formula is C31H29FN8O5. The predicted molar refractivity (Wildman–Crippen MR) is 164 cm³/mol. The molecule has 3 heterocycles. The van der Waals surface area contributed by atoms with Gasteiger partial charge in [-0.3, -0.25) is 14.9 Å². The first kappa shape index (κ1) is 29.3. The summed E-state index contributed by atoms with van der Waals surface area (Å²) in [6, 6.07) is 17.6. The number of nitro groups is 1. The van der Waals surface area contributed by atoms with E-state index in [4.69, 9.17) is 19.4 Å². The molecular weight excluding hydrogens is 583 g/mol. The number of nitro benzene ring substituents is 1. The predicted octanol–water partition coefficient (Wildman–Crippen LogP) is 4.47. The molecule has 14 heteroatoms. The zero-order valence-electron chi connectivity index (χ0n) is 24.5. The van der Waals surface area contributed by atoms with Gasteiger partial charge in [-0.05, 0) is 41.5 Å². The Balaban J connectivity index is 1.25. The van der Waals surface area contributed by atoms with Crippen molar-refractivity contribution in [2.45, 2.75) is 13.1 Å². The highest BCUT2D eigenvalue weighted by Gasteiger charge is 2.19. The van der Waals surface area contributed by atoms with Crippen LogP contribution in [0.25, 0.3) is 11.2 Å². The Morgan fingerprint density at radius 1 is 1.02 bits per heavy atom. The van der Waals surface area contributed by atoms with Gasteiger partial charge in [0.05, 0.1) is 17.8 Å². The lowest BCUT2D eigenvalue weighted by atomic mass is 10.2. The monoisotopic (exact) mass is 612 g/mol. The molecule has 3 aromatic carbocycles. The number of hydrogen-bond acceptors (Lipinski definition) is 10. The summed E-state index contributed by atoms with van der Waals surface area (Å²) in [4.78, 5) is 41.0. The van der Waals surface area contributed by atoms with Crippen LogP contribution in [0.5, 0.6) is 11.5 Å². The Bertz CT molecular complexity index is 1880. The molecule has 1 aliphatic heterocycles. The molecule has 0 spiro atoms. The maximum absolute atomic E-state index is 13.7. The Labute approximate surface area is 257 Å². The normalized spacial score (nSPS) is 11.9. The quantitative estimate of drug-likeness (QED) is 0.168. The van der Waals surface area contributed by atoms with Gasteiger partial charge in [0.1, 0.15) is 5.82 Å². The smallest absolute Gasteiger partial charge is 0.269 e. The van der Waals surface area contributed by atoms with Gasteiger partial charge in [0.15, 0.2) is 28.5 Å². The number of ether oxygens (including phenoxy) is 2. The van der Waals surface area contributed by atoms with Gasteiger partial charge in [-0.15, -0.1) is 0 Å². The van der Waals surface area contributed by atoms with Crippen LogP contribution in [0.2, 0.25) is 0 Å². The van der Waals surface area contributed by atoms with Gasteiger partial charge >= 0.3 is 0 Å². The molecule has 0 radical (unpaired) electrons. The number of carbonyl (C=O) groups is 1. The Hall–Kier alpha value is -5.79. The van der Waals surface area contributed by atoms with Gasteiger partial charge in [0.25, 0.3) is 11.6 Å². The first-order valence-electron chi connectivity index (χ1n) is 14.1. The summed E-state index contributed by atoms with van der Waals surface area (Å²) in [5.74, 6) is 1.49. The van der Waals surface area contributed by atoms with Crippen molar-refractivity contribution in [3.05, 3.63) is 106 Å². The van der Waals surface area contributed by atoms with Crippen LogP contribution in [0.3, 0.4) is 0 Å². The lowest BCUT2D eigenvalue weighted by molar-refractivity contribution is -0.384. The average molecular weight is 613 g/mol. The average Bonchev–Trinajstić information content (AvgIpc) is 3.69. The van der Waals surface area contributed by atoms with E-state index in [0.717, 1.165) is 11.1 Å². The van der Waals surface area contributed by atoms with Crippen LogP contribution in [-0.2, 0) is 13.1 Å². The summed E-state index contributed by atoms with van der Waals surface area (Å²) in [6.45, 7) is 1.70. The number of anilines is 2. The number of non-ortho nitro benzene ring substituents is 1. The summed E-state index contributed by atoms with van der Waals surface area (Å²) in [6.07, 6.45) is 1.65. The van der Waals surface area contributed by atoms with E-state index in [2.05, 4.69) is 10.3 Å². The van der Waals surface area contributed by atoms with Crippen LogP contribution < -0.4 is 19.7 Å². The molecule has 0 saturated heterocycles. The number of hydrogen-bond donors (Lipinski definition) is 1. The van der Waals surface area contributed by atoms with Crippen molar-refractivity contribution < 1.29 is 23.6 Å². The van der Waals surface area contributed by atoms with E-state index in [-0.39, 0.29) is 24.0 Å². The lowest BCUT2D eigenvalue weighted by Crippen LogP contribution is -2.35. The van der Waals surface area contributed by atoms with E-state index in [9.17, 15) is 19.3 Å². The molecule has 45 heavy (non-hydrogen) atoms. The van der Waals surface area contributed by atoms with Crippen molar-refractivity contribution in [3.8, 4) is 11.5 Å². The van der Waals surface area contributed by atoms with Crippen LogP contribution >= 0.6 is 0 Å². The molecule has 1 amide bonds. The molecule has 1 N–H and O–H groups in total. The third kappa shape index (κ3) is 6.44. The summed E-state index contributed by atoms with van der Waals surface area (Å²) < 4.78 is 26.4. The molecule has 13 nitrogen and oxygen atoms in total. The van der Waals surface area contributed by atoms with Gasteiger partial charge in [-0.25, -0.2) is 9.37 Å². The fourth-order valence-corrected chi connectivity index (χ4v) is 4.84. The van der Waals surface area contributed by atoms with Crippen LogP contribution in [0.4, 0.5) is 21.8 Å². The van der Waals surface area contributed by atoms with E-state index in [0.29, 0.717) is 60.6 Å². The maximum atomic E-state index is 13.7. The molecule has 0 fully saturated rings. The third-order valence-electron chi connectivity index (χ3n) is 7.38. The molecule has 230 valence electrons. The molecule has 0 bridgehead atoms. The highest BCUT2D eigenvalue weighted by atomic mass is 19.1. The zero-order chi connectivity index (χ0) is 31.5. The Morgan fingerprint density at radius 2 is 1.80 bits per heavy atom. The minimum absolute atomic E-state index is 0.0105. The summed E-state index contributed by atoms with van der Waals surface area (Å²) in [5, 5.41) is 14.5. The van der Waals surface area contributed by atoms with Crippen LogP contribution in [0.1, 0.15) is 21.5 Å². The minimum Gasteiger partial charge on any atom is -0.454 e. The van der Waals surface area contributed by atoms with E-state index < -0.39 is 10.7 Å². The van der Waals surface area contributed by atoms with E-state index >= 15 is 0 Å². The van der Waals surface area contributed by atoms with Crippen molar-refractivity contribution in [1.29, 1.82) is 0 Å². The number of nitrogens with one attached hydrogen (secondary N) is 1. The molecule has 6 rings (SSSR count). The van der Waals surface area contributed by atoms with Gasteiger partial charge in [-0.1, -0.05) is 24.3 Å². The van der Waals surface area contributed by atoms with Crippen molar-refractivity contribution in [3.63, 3.8) is 0 Å². The molecule has 5 aromatic rings. The summed E-state index contributed by atoms with van der Waals surface area (Å²) in [5.41, 5.74) is 3.17. The number of nitrogens with zero attached hydrogens (tertiary/aromatic N) is 7. The number of amides is 1. The van der Waals surface area contributed by atoms with Crippen molar-refractivity contribution in [1.82, 2.24) is 24.4 Å². The zero-order valence-corrected chi connectivity index (χ0v) is 24.5. The van der Waals surface area contributed by atoms with Gasteiger partial charge in [0, 0.05) is 51.4 Å². The summed E-state index contributed by atoms with van der Waals surface area (Å²) in [7, 11) is 3.48. The number of imidazole rings is 1. The first-order chi connectivity index (χ1) is 21.7. The van der Waals surface area contributed by atoms with Crippen molar-refractivity contribution in [2.24, 2.45) is 0 Å². The molecule has 0 aliphatic carbocycles. The summed E-state index contributed by atoms with van der Waals surface area (Å²) >= 11 is 0. The van der Waals surface area contributed by atoms with Crippen molar-refractivity contribution in [2.75, 3.05) is 44.2 Å². The fraction of sp³-hybridized carbons (Fsp3) is 0.226. The highest BCUT2D eigenvalue weighted by molar-refractivity contribution is 5.94. The number of fused-ring (bicyclic) bond motifs is 2. The van der Waals surface area contributed by atoms with E-state index in [1.807, 2.05) is 34.7 Å². The van der Waals surface area contributed by atoms with Crippen LogP contribution in [0, 0.1) is 15.9 Å². The number of benzene rings is 3. The van der Waals surface area contributed by atoms with E-state index in [1.165, 1.54) is 35.2 Å². The Kier molecular flexibility index (Phi) is 8.10. The number of carbonyl (C=O) groups excluding carboxylic acids is 1. The van der Waals surface area contributed by atoms with E-state index in [1.54, 1.807) is 31.6 Å². The third-order valence-corrected chi connectivity index (χ3v) is 7.38. The number of likely N-dealkylation sites (N-methyl/N-ethyl adjacent to an activating group) is 2. The topological polar surface area (TPSA) is 141 Å². The number of aromatic nitrogens is 4.